The largest absolute Gasteiger partial charge is 0.445 e. The van der Waals surface area contributed by atoms with E-state index >= 15 is 0 Å². The molecule has 210 valence electrons. The number of fused-ring (bicyclic) bond motifs is 5. The molecule has 0 spiro atoms. The molecule has 2 amide bonds. The first-order chi connectivity index (χ1) is 19.3. The molecule has 0 bridgehead atoms. The molecule has 7 nitrogen and oxygen atoms in total. The van der Waals surface area contributed by atoms with Gasteiger partial charge < -0.3 is 4.74 Å². The standard InChI is InChI=1S/C33H39N3O4/c1-32-19-17-25(36-40-31(38)35-24-11-7-4-8-12-24)21-22(32)13-14-26-27-15-16-29(33(27,2)20-18-28(26)32)39-30(37)34-23-9-5-3-6-10-23/h3-12,21,26-29H,13-20H2,1-2H3,(H,34,37)(H,35,38)/b36-25+/t26-,27-,28-,29-,32-,33-/m0/s1. The predicted octanol–water partition coefficient (Wildman–Crippen LogP) is 8.17. The van der Waals surface area contributed by atoms with Crippen molar-refractivity contribution in [3.8, 4) is 0 Å². The maximum atomic E-state index is 12.7. The van der Waals surface area contributed by atoms with Gasteiger partial charge in [-0.1, -0.05) is 61.0 Å². The first kappa shape index (κ1) is 26.6. The summed E-state index contributed by atoms with van der Waals surface area (Å²) in [6.45, 7) is 4.80. The van der Waals surface area contributed by atoms with Crippen molar-refractivity contribution in [3.05, 3.63) is 72.3 Å². The zero-order valence-corrected chi connectivity index (χ0v) is 23.4. The Morgan fingerprint density at radius 2 is 1.48 bits per heavy atom. The molecular formula is C33H39N3O4. The van der Waals surface area contributed by atoms with Gasteiger partial charge in [0, 0.05) is 16.8 Å². The van der Waals surface area contributed by atoms with Gasteiger partial charge in [-0.15, -0.1) is 0 Å². The van der Waals surface area contributed by atoms with Gasteiger partial charge in [-0.05, 0) is 105 Å². The average molecular weight is 542 g/mol. The van der Waals surface area contributed by atoms with Gasteiger partial charge in [0.2, 0.25) is 0 Å². The van der Waals surface area contributed by atoms with Crippen LogP contribution in [0.3, 0.4) is 0 Å². The van der Waals surface area contributed by atoms with E-state index in [9.17, 15) is 9.59 Å². The zero-order chi connectivity index (χ0) is 27.7. The Morgan fingerprint density at radius 1 is 0.800 bits per heavy atom. The van der Waals surface area contributed by atoms with Crippen LogP contribution in [0.1, 0.15) is 65.2 Å². The molecule has 0 heterocycles. The van der Waals surface area contributed by atoms with Gasteiger partial charge >= 0.3 is 12.2 Å². The zero-order valence-electron chi connectivity index (χ0n) is 23.4. The summed E-state index contributed by atoms with van der Waals surface area (Å²) >= 11 is 0. The van der Waals surface area contributed by atoms with Crippen LogP contribution in [0.15, 0.2) is 77.5 Å². The lowest BCUT2D eigenvalue weighted by molar-refractivity contribution is -0.0735. The summed E-state index contributed by atoms with van der Waals surface area (Å²) in [6, 6.07) is 18.8. The van der Waals surface area contributed by atoms with E-state index in [1.54, 1.807) is 0 Å². The number of allylic oxidation sites excluding steroid dienone is 2. The molecule has 6 atom stereocenters. The summed E-state index contributed by atoms with van der Waals surface area (Å²) in [4.78, 5) is 30.2. The first-order valence-corrected chi connectivity index (χ1v) is 14.7. The minimum absolute atomic E-state index is 0.0218. The maximum Gasteiger partial charge on any atom is 0.437 e. The Labute approximate surface area is 236 Å². The van der Waals surface area contributed by atoms with Crippen molar-refractivity contribution in [3.63, 3.8) is 0 Å². The van der Waals surface area contributed by atoms with E-state index in [1.165, 1.54) is 5.57 Å². The Morgan fingerprint density at radius 3 is 2.17 bits per heavy atom. The molecule has 0 radical (unpaired) electrons. The number of ether oxygens (including phenoxy) is 1. The molecule has 2 aromatic rings. The second-order valence-electron chi connectivity index (χ2n) is 12.5. The number of para-hydroxylation sites is 2. The SMILES string of the molecule is C[C@]12CC[C@H]3[C@@H](CCC4=C/C(=N/OC(=O)Nc5ccccc5)CC[C@@]43C)[C@@H]1CC[C@@H]2OC(=O)Nc1ccccc1. The highest BCUT2D eigenvalue weighted by Gasteiger charge is 2.60. The van der Waals surface area contributed by atoms with Crippen LogP contribution in [-0.2, 0) is 9.57 Å². The van der Waals surface area contributed by atoms with Gasteiger partial charge in [0.1, 0.15) is 6.10 Å². The third-order valence-corrected chi connectivity index (χ3v) is 10.4. The highest BCUT2D eigenvalue weighted by molar-refractivity contribution is 5.97. The molecule has 40 heavy (non-hydrogen) atoms. The minimum atomic E-state index is -0.573. The quantitative estimate of drug-likeness (QED) is 0.302. The van der Waals surface area contributed by atoms with Crippen LogP contribution >= 0.6 is 0 Å². The molecular weight excluding hydrogens is 502 g/mol. The number of carbonyl (C=O) groups is 2. The van der Waals surface area contributed by atoms with Crippen LogP contribution in [0, 0.1) is 28.6 Å². The van der Waals surface area contributed by atoms with Crippen molar-refractivity contribution in [1.29, 1.82) is 0 Å². The minimum Gasteiger partial charge on any atom is -0.445 e. The number of hydrogen-bond donors (Lipinski definition) is 2. The van der Waals surface area contributed by atoms with E-state index in [-0.39, 0.29) is 23.0 Å². The van der Waals surface area contributed by atoms with Crippen LogP contribution in [0.25, 0.3) is 0 Å². The lowest BCUT2D eigenvalue weighted by Gasteiger charge is -2.57. The molecule has 3 fully saturated rings. The topological polar surface area (TPSA) is 89.0 Å². The van der Waals surface area contributed by atoms with E-state index < -0.39 is 6.09 Å². The van der Waals surface area contributed by atoms with Crippen LogP contribution < -0.4 is 10.6 Å². The Kier molecular flexibility index (Phi) is 7.15. The Bertz CT molecular complexity index is 1310. The second kappa shape index (κ2) is 10.8. The van der Waals surface area contributed by atoms with Crippen molar-refractivity contribution >= 4 is 29.3 Å². The van der Waals surface area contributed by atoms with E-state index in [4.69, 9.17) is 9.57 Å². The summed E-state index contributed by atoms with van der Waals surface area (Å²) in [5, 5.41) is 9.82. The van der Waals surface area contributed by atoms with Crippen molar-refractivity contribution in [2.75, 3.05) is 10.6 Å². The van der Waals surface area contributed by atoms with Crippen LogP contribution in [0.4, 0.5) is 21.0 Å². The van der Waals surface area contributed by atoms with E-state index in [0.717, 1.165) is 62.8 Å². The second-order valence-corrected chi connectivity index (χ2v) is 12.5. The molecule has 4 aliphatic carbocycles. The van der Waals surface area contributed by atoms with Crippen LogP contribution in [0.5, 0.6) is 0 Å². The van der Waals surface area contributed by atoms with Crippen molar-refractivity contribution in [2.24, 2.45) is 33.7 Å². The van der Waals surface area contributed by atoms with Gasteiger partial charge in [-0.25, -0.2) is 9.59 Å². The fourth-order valence-electron chi connectivity index (χ4n) is 8.35. The van der Waals surface area contributed by atoms with Gasteiger partial charge in [0.25, 0.3) is 0 Å². The lowest BCUT2D eigenvalue weighted by Crippen LogP contribution is -2.51. The van der Waals surface area contributed by atoms with Crippen LogP contribution in [0.2, 0.25) is 0 Å². The molecule has 0 saturated heterocycles. The first-order valence-electron chi connectivity index (χ1n) is 14.7. The highest BCUT2D eigenvalue weighted by Crippen LogP contribution is 2.65. The summed E-state index contributed by atoms with van der Waals surface area (Å²) < 4.78 is 6.07. The van der Waals surface area contributed by atoms with E-state index in [2.05, 4.69) is 35.7 Å². The third kappa shape index (κ3) is 5.02. The Balaban J connectivity index is 1.10. The summed E-state index contributed by atoms with van der Waals surface area (Å²) in [6.07, 6.45) is 9.52. The molecule has 3 saturated carbocycles. The van der Waals surface area contributed by atoms with Crippen molar-refractivity contribution < 1.29 is 19.2 Å². The molecule has 0 aromatic heterocycles. The number of hydrogen-bond acceptors (Lipinski definition) is 5. The monoisotopic (exact) mass is 541 g/mol. The van der Waals surface area contributed by atoms with Crippen molar-refractivity contribution in [1.82, 2.24) is 0 Å². The van der Waals surface area contributed by atoms with Gasteiger partial charge in [0.15, 0.2) is 0 Å². The number of benzene rings is 2. The summed E-state index contributed by atoms with van der Waals surface area (Å²) in [7, 11) is 0. The van der Waals surface area contributed by atoms with Gasteiger partial charge in [0.05, 0.1) is 5.71 Å². The number of carbonyl (C=O) groups excluding carboxylic acids is 2. The number of nitrogens with one attached hydrogen (secondary N) is 2. The lowest BCUT2D eigenvalue weighted by atomic mass is 9.47. The van der Waals surface area contributed by atoms with E-state index in [0.29, 0.717) is 23.4 Å². The predicted molar refractivity (Wildman–Crippen MR) is 156 cm³/mol. The van der Waals surface area contributed by atoms with Gasteiger partial charge in [-0.2, -0.15) is 0 Å². The fourth-order valence-corrected chi connectivity index (χ4v) is 8.35. The van der Waals surface area contributed by atoms with Gasteiger partial charge in [-0.3, -0.25) is 15.5 Å². The van der Waals surface area contributed by atoms with Crippen LogP contribution in [-0.4, -0.2) is 24.0 Å². The summed E-state index contributed by atoms with van der Waals surface area (Å²) in [5.41, 5.74) is 3.89. The van der Waals surface area contributed by atoms with E-state index in [1.807, 2.05) is 60.7 Å². The number of anilines is 2. The molecule has 4 aliphatic rings. The molecule has 7 heteroatoms. The van der Waals surface area contributed by atoms with Crippen molar-refractivity contribution in [2.45, 2.75) is 71.3 Å². The molecule has 0 aliphatic heterocycles. The highest BCUT2D eigenvalue weighted by atomic mass is 16.7. The normalized spacial score (nSPS) is 33.5. The smallest absolute Gasteiger partial charge is 0.437 e. The third-order valence-electron chi connectivity index (χ3n) is 10.4. The molecule has 0 unspecified atom stereocenters. The molecule has 2 aromatic carbocycles. The number of amides is 2. The molecule has 2 N–H and O–H groups in total. The fraction of sp³-hybridized carbons (Fsp3) is 0.485. The molecule has 6 rings (SSSR count). The maximum absolute atomic E-state index is 12.7. The average Bonchev–Trinajstić information content (AvgIpc) is 3.28. The number of rotatable bonds is 4. The Hall–Kier alpha value is -3.61. The number of oxime groups is 1. The number of nitrogens with zero attached hydrogens (tertiary/aromatic N) is 1. The summed E-state index contributed by atoms with van der Waals surface area (Å²) in [5.74, 6) is 1.82.